The minimum absolute atomic E-state index is 0.0949. The van der Waals surface area contributed by atoms with Crippen LogP contribution >= 0.6 is 24.0 Å². The zero-order chi connectivity index (χ0) is 35.3. The molecule has 0 spiro atoms. The number of anilines is 1. The number of carbonyl (C=O) groups excluding carboxylic acids is 2. The highest BCUT2D eigenvalue weighted by atomic mass is 32.2. The topological polar surface area (TPSA) is 114 Å². The Hall–Kier alpha value is -4.96. The summed E-state index contributed by atoms with van der Waals surface area (Å²) in [6.07, 6.45) is -3.51. The number of amides is 2. The number of halogens is 3. The number of aromatic nitrogens is 3. The fourth-order valence-corrected chi connectivity index (χ4v) is 6.20. The highest BCUT2D eigenvalue weighted by molar-refractivity contribution is 8.15. The lowest BCUT2D eigenvalue weighted by Crippen LogP contribution is -2.49. The molecule has 1 aliphatic heterocycles. The first kappa shape index (κ1) is 35.3. The van der Waals surface area contributed by atoms with Crippen molar-refractivity contribution in [2.24, 2.45) is 4.99 Å². The molecular formula is C33H32F3N7O4S2. The number of alkyl halides is 3. The molecule has 5 rings (SSSR count). The number of ether oxygens (including phenoxy) is 2. The number of methoxy groups -OCH3 is 1. The molecule has 1 aliphatic rings. The average molecular weight is 712 g/mol. The van der Waals surface area contributed by atoms with Crippen LogP contribution in [0.25, 0.3) is 17.1 Å². The second-order valence-corrected chi connectivity index (χ2v) is 12.2. The highest BCUT2D eigenvalue weighted by Crippen LogP contribution is 2.31. The molecule has 16 heteroatoms. The molecule has 0 saturated carbocycles. The Balaban J connectivity index is 1.30. The number of likely N-dealkylation sites (N-methyl/N-ethyl adjacent to an activating group) is 1. The van der Waals surface area contributed by atoms with Gasteiger partial charge in [0, 0.05) is 19.0 Å². The number of benzene rings is 3. The summed E-state index contributed by atoms with van der Waals surface area (Å²) >= 11 is 6.89. The number of rotatable bonds is 9. The number of aliphatic imine (C=N–C) groups is 1. The first-order valence-electron chi connectivity index (χ1n) is 15.0. The van der Waals surface area contributed by atoms with Crippen LogP contribution in [0.4, 0.5) is 23.7 Å². The van der Waals surface area contributed by atoms with Gasteiger partial charge in [0.15, 0.2) is 16.1 Å². The van der Waals surface area contributed by atoms with Crippen molar-refractivity contribution >= 4 is 51.9 Å². The maximum atomic E-state index is 12.9. The maximum Gasteiger partial charge on any atom is 0.573 e. The van der Waals surface area contributed by atoms with Crippen molar-refractivity contribution in [3.8, 4) is 22.8 Å². The van der Waals surface area contributed by atoms with Gasteiger partial charge in [-0.2, -0.15) is 4.99 Å². The van der Waals surface area contributed by atoms with Crippen LogP contribution < -0.4 is 15.0 Å². The van der Waals surface area contributed by atoms with Gasteiger partial charge in [-0.3, -0.25) is 14.6 Å². The molecule has 256 valence electrons. The van der Waals surface area contributed by atoms with Crippen LogP contribution in [0.2, 0.25) is 0 Å². The van der Waals surface area contributed by atoms with Gasteiger partial charge in [-0.05, 0) is 67.0 Å². The van der Waals surface area contributed by atoms with Crippen LogP contribution in [0.15, 0.2) is 78.0 Å². The van der Waals surface area contributed by atoms with E-state index in [1.54, 1.807) is 11.9 Å². The van der Waals surface area contributed by atoms with E-state index in [9.17, 15) is 22.8 Å². The van der Waals surface area contributed by atoms with E-state index in [2.05, 4.69) is 25.1 Å². The molecule has 0 aliphatic carbocycles. The Morgan fingerprint density at radius 2 is 1.86 bits per heavy atom. The van der Waals surface area contributed by atoms with Crippen LogP contribution in [0.1, 0.15) is 23.6 Å². The summed E-state index contributed by atoms with van der Waals surface area (Å²) in [5.74, 6) is 0.190. The first-order chi connectivity index (χ1) is 23.3. The zero-order valence-corrected chi connectivity index (χ0v) is 28.5. The molecule has 1 atom stereocenters. The first-order valence-corrected chi connectivity index (χ1v) is 16.4. The average Bonchev–Trinajstić information content (AvgIpc) is 3.70. The Bertz CT molecular complexity index is 1870. The van der Waals surface area contributed by atoms with Crippen LogP contribution in [0, 0.1) is 6.92 Å². The summed E-state index contributed by atoms with van der Waals surface area (Å²) in [4.78, 5) is 37.3. The van der Waals surface area contributed by atoms with Crippen molar-refractivity contribution in [3.05, 3.63) is 89.7 Å². The maximum absolute atomic E-state index is 12.9. The number of hydrogen-bond acceptors (Lipinski definition) is 8. The minimum atomic E-state index is -4.78. The Kier molecular flexibility index (Phi) is 10.9. The number of nitrogens with zero attached hydrogens (tertiary/aromatic N) is 6. The van der Waals surface area contributed by atoms with Gasteiger partial charge in [0.2, 0.25) is 5.91 Å². The molecule has 4 aromatic rings. The largest absolute Gasteiger partial charge is 0.573 e. The number of nitrogens with one attached hydrogen (secondary N) is 1. The molecule has 1 fully saturated rings. The molecule has 11 nitrogen and oxygen atoms in total. The smallest absolute Gasteiger partial charge is 0.453 e. The van der Waals surface area contributed by atoms with Gasteiger partial charge in [-0.25, -0.2) is 14.5 Å². The molecule has 2 heterocycles. The predicted octanol–water partition coefficient (Wildman–Crippen LogP) is 6.28. The number of hydrogen-bond donors (Lipinski definition) is 1. The fourth-order valence-electron chi connectivity index (χ4n) is 5.05. The third-order valence-corrected chi connectivity index (χ3v) is 8.64. The quantitative estimate of drug-likeness (QED) is 0.158. The Labute approximate surface area is 290 Å². The molecule has 1 saturated heterocycles. The Morgan fingerprint density at radius 1 is 1.14 bits per heavy atom. The van der Waals surface area contributed by atoms with E-state index in [4.69, 9.17) is 17.0 Å². The molecule has 1 unspecified atom stereocenters. The number of thioether (sulfide) groups is 1. The van der Waals surface area contributed by atoms with E-state index in [0.717, 1.165) is 28.8 Å². The van der Waals surface area contributed by atoms with E-state index < -0.39 is 18.6 Å². The predicted molar refractivity (Wildman–Crippen MR) is 185 cm³/mol. The van der Waals surface area contributed by atoms with Crippen LogP contribution in [0.5, 0.6) is 5.75 Å². The summed E-state index contributed by atoms with van der Waals surface area (Å²) < 4.78 is 47.8. The van der Waals surface area contributed by atoms with Gasteiger partial charge in [0.25, 0.3) is 0 Å². The van der Waals surface area contributed by atoms with Crippen molar-refractivity contribution in [1.29, 1.82) is 0 Å². The minimum Gasteiger partial charge on any atom is -0.453 e. The lowest BCUT2D eigenvalue weighted by atomic mass is 10.1. The lowest BCUT2D eigenvalue weighted by molar-refractivity contribution is -0.274. The molecule has 49 heavy (non-hydrogen) atoms. The zero-order valence-electron chi connectivity index (χ0n) is 26.9. The number of amidine groups is 1. The third-order valence-electron chi connectivity index (χ3n) is 7.51. The Morgan fingerprint density at radius 3 is 2.51 bits per heavy atom. The number of thiocarbonyl (C=S) groups is 1. The van der Waals surface area contributed by atoms with E-state index in [0.29, 0.717) is 28.7 Å². The summed E-state index contributed by atoms with van der Waals surface area (Å²) in [6.45, 7) is 4.03. The lowest BCUT2D eigenvalue weighted by Gasteiger charge is -2.28. The van der Waals surface area contributed by atoms with Gasteiger partial charge in [0.05, 0.1) is 24.2 Å². The van der Waals surface area contributed by atoms with Crippen molar-refractivity contribution in [1.82, 2.24) is 25.0 Å². The fraction of sp³-hybridized carbons (Fsp3) is 0.273. The molecule has 2 amide bonds. The SMILES string of the molecule is CCc1cc(C)ccc1N1C(=O)CSC1=NC(=S)NC(Cc1ccc(-c2ncn(-c3ccc(OC(F)(F)F)cc3)n2)cc1)N(C)C(=O)OC. The summed E-state index contributed by atoms with van der Waals surface area (Å²) in [5, 5.41) is 8.12. The molecule has 1 N–H and O–H groups in total. The van der Waals surface area contributed by atoms with Gasteiger partial charge in [0.1, 0.15) is 18.2 Å². The monoisotopic (exact) mass is 711 g/mol. The standard InChI is InChI=1S/C33H32F3N7O4S2/c1-5-22-16-20(2)6-15-26(22)43-28(44)18-49-31(43)39-30(48)38-27(41(3)32(45)46-4)17-21-7-9-23(10-8-21)29-37-19-42(40-29)24-11-13-25(14-12-24)47-33(34,35)36/h6-16,19,27H,5,17-18H2,1-4H3,(H,38,48). The van der Waals surface area contributed by atoms with Crippen LogP contribution in [0.3, 0.4) is 0 Å². The van der Waals surface area contributed by atoms with E-state index in [1.165, 1.54) is 59.0 Å². The highest BCUT2D eigenvalue weighted by Gasteiger charge is 2.32. The molecule has 0 bridgehead atoms. The summed E-state index contributed by atoms with van der Waals surface area (Å²) in [7, 11) is 2.86. The van der Waals surface area contributed by atoms with Gasteiger partial charge in [-0.1, -0.05) is 60.6 Å². The second-order valence-electron chi connectivity index (χ2n) is 10.9. The molecule has 3 aromatic carbocycles. The number of aryl methyl sites for hydroxylation is 2. The molecule has 0 radical (unpaired) electrons. The van der Waals surface area contributed by atoms with Gasteiger partial charge < -0.3 is 14.8 Å². The van der Waals surface area contributed by atoms with Gasteiger partial charge in [-0.15, -0.1) is 18.3 Å². The van der Waals surface area contributed by atoms with Crippen molar-refractivity contribution in [2.45, 2.75) is 39.2 Å². The van der Waals surface area contributed by atoms with Gasteiger partial charge >= 0.3 is 12.5 Å². The van der Waals surface area contributed by atoms with E-state index in [1.807, 2.05) is 56.3 Å². The number of carbonyl (C=O) groups is 2. The second kappa shape index (κ2) is 15.1. The summed E-state index contributed by atoms with van der Waals surface area (Å²) in [5.41, 5.74) is 4.91. The van der Waals surface area contributed by atoms with Crippen LogP contribution in [-0.4, -0.2) is 74.4 Å². The van der Waals surface area contributed by atoms with E-state index >= 15 is 0 Å². The third kappa shape index (κ3) is 8.75. The molecule has 1 aromatic heterocycles. The van der Waals surface area contributed by atoms with E-state index in [-0.39, 0.29) is 22.5 Å². The summed E-state index contributed by atoms with van der Waals surface area (Å²) in [6, 6.07) is 18.5. The molecular weight excluding hydrogens is 680 g/mol. The van der Waals surface area contributed by atoms with Crippen molar-refractivity contribution in [3.63, 3.8) is 0 Å². The van der Waals surface area contributed by atoms with Crippen molar-refractivity contribution in [2.75, 3.05) is 24.8 Å². The normalized spacial score (nSPS) is 14.6. The van der Waals surface area contributed by atoms with Crippen molar-refractivity contribution < 1.29 is 32.2 Å². The van der Waals surface area contributed by atoms with Crippen LogP contribution in [-0.2, 0) is 22.4 Å².